The van der Waals surface area contributed by atoms with Crippen LogP contribution in [0.2, 0.25) is 0 Å². The standard InChI is InChI=1S/C18H14N4O3/c1-10-14(22-25-16(10)11-6-3-2-4-7-11)17-20-12-8-5-9-13(15(12)21-17)24-18(19)23/h2-9H,1H3,(H2,19,23)(H,20,21). The van der Waals surface area contributed by atoms with E-state index in [1.807, 2.05) is 43.3 Å². The maximum atomic E-state index is 11.0. The predicted molar refractivity (Wildman–Crippen MR) is 92.0 cm³/mol. The number of carbonyl (C=O) groups is 1. The van der Waals surface area contributed by atoms with Crippen molar-refractivity contribution in [2.24, 2.45) is 5.73 Å². The highest BCUT2D eigenvalue weighted by Crippen LogP contribution is 2.32. The first kappa shape index (κ1) is 14.9. The SMILES string of the molecule is Cc1c(-c2nc3c(OC(N)=O)cccc3[nH]2)noc1-c1ccccc1. The Morgan fingerprint density at radius 1 is 1.16 bits per heavy atom. The monoisotopic (exact) mass is 334 g/mol. The molecule has 7 nitrogen and oxygen atoms in total. The minimum atomic E-state index is -0.888. The molecule has 2 aromatic carbocycles. The number of fused-ring (bicyclic) bond motifs is 1. The van der Waals surface area contributed by atoms with Crippen LogP contribution in [0.25, 0.3) is 33.9 Å². The van der Waals surface area contributed by atoms with Crippen molar-refractivity contribution in [3.63, 3.8) is 0 Å². The topological polar surface area (TPSA) is 107 Å². The number of hydrogen-bond acceptors (Lipinski definition) is 5. The minimum Gasteiger partial charge on any atom is -0.408 e. The van der Waals surface area contributed by atoms with Crippen molar-refractivity contribution in [1.82, 2.24) is 15.1 Å². The summed E-state index contributed by atoms with van der Waals surface area (Å²) in [6.45, 7) is 1.92. The average Bonchev–Trinajstić information content (AvgIpc) is 3.19. The predicted octanol–water partition coefficient (Wildman–Crippen LogP) is 3.65. The van der Waals surface area contributed by atoms with E-state index >= 15 is 0 Å². The third kappa shape index (κ3) is 2.61. The molecule has 0 atom stereocenters. The van der Waals surface area contributed by atoms with Gasteiger partial charge in [-0.3, -0.25) is 0 Å². The summed E-state index contributed by atoms with van der Waals surface area (Å²) in [6.07, 6.45) is -0.888. The number of aromatic amines is 1. The highest BCUT2D eigenvalue weighted by atomic mass is 16.5. The Hall–Kier alpha value is -3.61. The van der Waals surface area contributed by atoms with Gasteiger partial charge in [0.1, 0.15) is 5.52 Å². The summed E-state index contributed by atoms with van der Waals surface area (Å²) < 4.78 is 10.5. The molecule has 2 aromatic heterocycles. The van der Waals surface area contributed by atoms with Crippen LogP contribution in [0.15, 0.2) is 53.1 Å². The summed E-state index contributed by atoms with van der Waals surface area (Å²) in [5, 5.41) is 4.15. The van der Waals surface area contributed by atoms with Crippen molar-refractivity contribution >= 4 is 17.1 Å². The quantitative estimate of drug-likeness (QED) is 0.594. The molecular weight excluding hydrogens is 320 g/mol. The fraction of sp³-hybridized carbons (Fsp3) is 0.0556. The van der Waals surface area contributed by atoms with Gasteiger partial charge < -0.3 is 20.0 Å². The maximum Gasteiger partial charge on any atom is 0.410 e. The lowest BCUT2D eigenvalue weighted by Gasteiger charge is -1.99. The third-order valence-corrected chi connectivity index (χ3v) is 3.87. The Morgan fingerprint density at radius 3 is 2.72 bits per heavy atom. The molecule has 3 N–H and O–H groups in total. The first-order chi connectivity index (χ1) is 12.1. The van der Waals surface area contributed by atoms with Gasteiger partial charge in [0.2, 0.25) is 0 Å². The molecule has 4 aromatic rings. The van der Waals surface area contributed by atoms with Crippen LogP contribution in [0.1, 0.15) is 5.56 Å². The zero-order valence-corrected chi connectivity index (χ0v) is 13.3. The van der Waals surface area contributed by atoms with E-state index in [1.54, 1.807) is 12.1 Å². The molecule has 124 valence electrons. The molecule has 0 saturated carbocycles. The van der Waals surface area contributed by atoms with Crippen LogP contribution >= 0.6 is 0 Å². The fourth-order valence-electron chi connectivity index (χ4n) is 2.72. The lowest BCUT2D eigenvalue weighted by Crippen LogP contribution is -2.16. The molecule has 25 heavy (non-hydrogen) atoms. The van der Waals surface area contributed by atoms with Gasteiger partial charge in [-0.2, -0.15) is 0 Å². The molecule has 0 aliphatic carbocycles. The van der Waals surface area contributed by atoms with Crippen molar-refractivity contribution < 1.29 is 14.1 Å². The normalized spacial score (nSPS) is 10.9. The Balaban J connectivity index is 1.81. The number of carbonyl (C=O) groups excluding carboxylic acids is 1. The van der Waals surface area contributed by atoms with Gasteiger partial charge >= 0.3 is 6.09 Å². The molecule has 2 heterocycles. The number of nitrogens with two attached hydrogens (primary N) is 1. The van der Waals surface area contributed by atoms with E-state index in [-0.39, 0.29) is 5.75 Å². The van der Waals surface area contributed by atoms with Crippen LogP contribution in [-0.4, -0.2) is 21.2 Å². The van der Waals surface area contributed by atoms with E-state index in [4.69, 9.17) is 15.0 Å². The van der Waals surface area contributed by atoms with E-state index < -0.39 is 6.09 Å². The molecule has 0 saturated heterocycles. The number of hydrogen-bond donors (Lipinski definition) is 2. The molecule has 0 radical (unpaired) electrons. The van der Waals surface area contributed by atoms with Crippen molar-refractivity contribution in [2.75, 3.05) is 0 Å². The molecule has 7 heteroatoms. The number of ether oxygens (including phenoxy) is 1. The van der Waals surface area contributed by atoms with Gasteiger partial charge in [-0.1, -0.05) is 41.6 Å². The number of para-hydroxylation sites is 1. The van der Waals surface area contributed by atoms with Crippen LogP contribution in [0.5, 0.6) is 5.75 Å². The first-order valence-corrected chi connectivity index (χ1v) is 7.61. The molecule has 0 fully saturated rings. The number of H-pyrrole nitrogens is 1. The highest BCUT2D eigenvalue weighted by Gasteiger charge is 2.19. The van der Waals surface area contributed by atoms with Gasteiger partial charge in [0.15, 0.2) is 23.0 Å². The number of rotatable bonds is 3. The first-order valence-electron chi connectivity index (χ1n) is 7.61. The van der Waals surface area contributed by atoms with Crippen molar-refractivity contribution in [3.8, 4) is 28.6 Å². The van der Waals surface area contributed by atoms with Gasteiger partial charge in [-0.05, 0) is 19.1 Å². The van der Waals surface area contributed by atoms with E-state index in [1.165, 1.54) is 0 Å². The Bertz CT molecular complexity index is 1070. The number of amides is 1. The van der Waals surface area contributed by atoms with Crippen LogP contribution < -0.4 is 10.5 Å². The number of imidazole rings is 1. The fourth-order valence-corrected chi connectivity index (χ4v) is 2.72. The second-order valence-electron chi connectivity index (χ2n) is 5.51. The second kappa shape index (κ2) is 5.79. The Kier molecular flexibility index (Phi) is 3.46. The van der Waals surface area contributed by atoms with Gasteiger partial charge in [0, 0.05) is 11.1 Å². The summed E-state index contributed by atoms with van der Waals surface area (Å²) in [6, 6.07) is 14.9. The number of aromatic nitrogens is 3. The van der Waals surface area contributed by atoms with E-state index in [0.29, 0.717) is 28.3 Å². The summed E-state index contributed by atoms with van der Waals surface area (Å²) in [5.74, 6) is 1.50. The lowest BCUT2D eigenvalue weighted by molar-refractivity contribution is 0.211. The van der Waals surface area contributed by atoms with Crippen LogP contribution in [0.4, 0.5) is 4.79 Å². The third-order valence-electron chi connectivity index (χ3n) is 3.87. The van der Waals surface area contributed by atoms with Crippen molar-refractivity contribution in [1.29, 1.82) is 0 Å². The molecule has 0 aliphatic heterocycles. The number of nitrogens with zero attached hydrogens (tertiary/aromatic N) is 2. The second-order valence-corrected chi connectivity index (χ2v) is 5.51. The van der Waals surface area contributed by atoms with Crippen molar-refractivity contribution in [3.05, 3.63) is 54.1 Å². The Morgan fingerprint density at radius 2 is 1.96 bits per heavy atom. The van der Waals surface area contributed by atoms with Gasteiger partial charge in [0.05, 0.1) is 5.52 Å². The smallest absolute Gasteiger partial charge is 0.408 e. The highest BCUT2D eigenvalue weighted by molar-refractivity contribution is 5.87. The average molecular weight is 334 g/mol. The van der Waals surface area contributed by atoms with Gasteiger partial charge in [-0.25, -0.2) is 9.78 Å². The summed E-state index contributed by atoms with van der Waals surface area (Å²) in [5.41, 5.74) is 8.70. The molecule has 0 bridgehead atoms. The molecular formula is C18H14N4O3. The molecule has 4 rings (SSSR count). The largest absolute Gasteiger partial charge is 0.410 e. The molecule has 0 unspecified atom stereocenters. The zero-order chi connectivity index (χ0) is 17.4. The minimum absolute atomic E-state index is 0.289. The maximum absolute atomic E-state index is 11.0. The lowest BCUT2D eigenvalue weighted by atomic mass is 10.1. The van der Waals surface area contributed by atoms with Crippen LogP contribution in [0, 0.1) is 6.92 Å². The van der Waals surface area contributed by atoms with E-state index in [2.05, 4.69) is 15.1 Å². The van der Waals surface area contributed by atoms with Gasteiger partial charge in [0.25, 0.3) is 0 Å². The molecule has 1 amide bonds. The molecule has 0 spiro atoms. The van der Waals surface area contributed by atoms with Crippen molar-refractivity contribution in [2.45, 2.75) is 6.92 Å². The number of benzene rings is 2. The van der Waals surface area contributed by atoms with Crippen LogP contribution in [0.3, 0.4) is 0 Å². The van der Waals surface area contributed by atoms with Crippen LogP contribution in [-0.2, 0) is 0 Å². The summed E-state index contributed by atoms with van der Waals surface area (Å²) in [4.78, 5) is 18.7. The number of nitrogens with one attached hydrogen (secondary N) is 1. The van der Waals surface area contributed by atoms with E-state index in [9.17, 15) is 4.79 Å². The zero-order valence-electron chi connectivity index (χ0n) is 13.3. The Labute approximate surface area is 142 Å². The number of primary amides is 1. The molecule has 0 aliphatic rings. The summed E-state index contributed by atoms with van der Waals surface area (Å²) in [7, 11) is 0. The van der Waals surface area contributed by atoms with E-state index in [0.717, 1.165) is 11.1 Å². The van der Waals surface area contributed by atoms with Gasteiger partial charge in [-0.15, -0.1) is 0 Å². The summed E-state index contributed by atoms with van der Waals surface area (Å²) >= 11 is 0.